The van der Waals surface area contributed by atoms with Gasteiger partial charge in [0.2, 0.25) is 0 Å². The molecule has 1 aromatic carbocycles. The standard InChI is InChI=1S/C16H20ClN/c17-14-4-1-11-8-15(9-12(11)7-14)18-10-16(5-6-16)13-2-3-13/h1,4,7,13,15,18H,2-3,5-6,8-10H2. The van der Waals surface area contributed by atoms with E-state index in [-0.39, 0.29) is 0 Å². The lowest BCUT2D eigenvalue weighted by Gasteiger charge is -2.19. The average Bonchev–Trinajstić information content (AvgIpc) is 3.22. The Balaban J connectivity index is 1.38. The smallest absolute Gasteiger partial charge is 0.0408 e. The molecule has 0 bridgehead atoms. The van der Waals surface area contributed by atoms with Crippen LogP contribution in [-0.2, 0) is 12.8 Å². The fourth-order valence-corrected chi connectivity index (χ4v) is 3.86. The zero-order chi connectivity index (χ0) is 12.2. The van der Waals surface area contributed by atoms with Gasteiger partial charge in [-0.15, -0.1) is 0 Å². The summed E-state index contributed by atoms with van der Waals surface area (Å²) in [6, 6.07) is 7.02. The van der Waals surface area contributed by atoms with Crippen molar-refractivity contribution in [1.82, 2.24) is 5.32 Å². The highest BCUT2D eigenvalue weighted by molar-refractivity contribution is 6.30. The van der Waals surface area contributed by atoms with Gasteiger partial charge in [0, 0.05) is 17.6 Å². The molecule has 2 heteroatoms. The molecule has 1 N–H and O–H groups in total. The van der Waals surface area contributed by atoms with Gasteiger partial charge in [0.1, 0.15) is 0 Å². The van der Waals surface area contributed by atoms with E-state index in [4.69, 9.17) is 11.6 Å². The lowest BCUT2D eigenvalue weighted by molar-refractivity contribution is 0.374. The Morgan fingerprint density at radius 2 is 1.94 bits per heavy atom. The number of benzene rings is 1. The number of hydrogen-bond donors (Lipinski definition) is 1. The largest absolute Gasteiger partial charge is 0.313 e. The molecule has 18 heavy (non-hydrogen) atoms. The van der Waals surface area contributed by atoms with Gasteiger partial charge in [-0.3, -0.25) is 0 Å². The van der Waals surface area contributed by atoms with E-state index >= 15 is 0 Å². The summed E-state index contributed by atoms with van der Waals surface area (Å²) in [5.41, 5.74) is 3.66. The summed E-state index contributed by atoms with van der Waals surface area (Å²) in [5, 5.41) is 4.71. The summed E-state index contributed by atoms with van der Waals surface area (Å²) in [6.07, 6.45) is 8.26. The van der Waals surface area contributed by atoms with E-state index in [1.165, 1.54) is 49.8 Å². The molecule has 96 valence electrons. The average molecular weight is 262 g/mol. The SMILES string of the molecule is Clc1ccc2c(c1)CC(NCC1(C3CC3)CC1)C2. The molecule has 3 aliphatic carbocycles. The Morgan fingerprint density at radius 3 is 2.67 bits per heavy atom. The van der Waals surface area contributed by atoms with Gasteiger partial charge in [-0.1, -0.05) is 17.7 Å². The predicted molar refractivity (Wildman–Crippen MR) is 75.0 cm³/mol. The monoisotopic (exact) mass is 261 g/mol. The normalized spacial score (nSPS) is 28.2. The summed E-state index contributed by atoms with van der Waals surface area (Å²) in [6.45, 7) is 1.25. The Bertz CT molecular complexity index is 474. The fraction of sp³-hybridized carbons (Fsp3) is 0.625. The maximum absolute atomic E-state index is 6.06. The first-order valence-electron chi connectivity index (χ1n) is 7.26. The third-order valence-electron chi connectivity index (χ3n) is 5.18. The van der Waals surface area contributed by atoms with Gasteiger partial charge in [-0.05, 0) is 73.1 Å². The first kappa shape index (κ1) is 11.3. The maximum Gasteiger partial charge on any atom is 0.0408 e. The second-order valence-electron chi connectivity index (χ2n) is 6.54. The quantitative estimate of drug-likeness (QED) is 0.874. The second-order valence-corrected chi connectivity index (χ2v) is 6.97. The molecular weight excluding hydrogens is 242 g/mol. The number of nitrogens with one attached hydrogen (secondary N) is 1. The van der Waals surface area contributed by atoms with E-state index in [0.717, 1.165) is 17.4 Å². The fourth-order valence-electron chi connectivity index (χ4n) is 3.66. The van der Waals surface area contributed by atoms with Gasteiger partial charge in [-0.2, -0.15) is 0 Å². The Hall–Kier alpha value is -0.530. The van der Waals surface area contributed by atoms with Crippen LogP contribution < -0.4 is 5.32 Å². The van der Waals surface area contributed by atoms with Gasteiger partial charge in [0.05, 0.1) is 0 Å². The van der Waals surface area contributed by atoms with Gasteiger partial charge in [0.15, 0.2) is 0 Å². The zero-order valence-corrected chi connectivity index (χ0v) is 11.5. The summed E-state index contributed by atoms with van der Waals surface area (Å²) in [4.78, 5) is 0. The van der Waals surface area contributed by atoms with Crippen molar-refractivity contribution in [1.29, 1.82) is 0 Å². The van der Waals surface area contributed by atoms with Crippen molar-refractivity contribution in [2.75, 3.05) is 6.54 Å². The molecule has 0 saturated heterocycles. The first-order chi connectivity index (χ1) is 8.75. The molecule has 1 atom stereocenters. The minimum absolute atomic E-state index is 0.648. The minimum atomic E-state index is 0.648. The molecule has 3 aliphatic rings. The van der Waals surface area contributed by atoms with Crippen molar-refractivity contribution >= 4 is 11.6 Å². The van der Waals surface area contributed by atoms with E-state index in [1.807, 2.05) is 6.07 Å². The number of halogens is 1. The van der Waals surface area contributed by atoms with Crippen molar-refractivity contribution in [3.8, 4) is 0 Å². The Labute approximate surface area is 114 Å². The molecule has 0 aromatic heterocycles. The van der Waals surface area contributed by atoms with E-state index in [1.54, 1.807) is 0 Å². The molecule has 2 saturated carbocycles. The molecule has 1 nitrogen and oxygen atoms in total. The highest BCUT2D eigenvalue weighted by Gasteiger charge is 2.53. The molecule has 1 aromatic rings. The van der Waals surface area contributed by atoms with Crippen molar-refractivity contribution in [2.24, 2.45) is 11.3 Å². The zero-order valence-electron chi connectivity index (χ0n) is 10.7. The van der Waals surface area contributed by atoms with Gasteiger partial charge in [-0.25, -0.2) is 0 Å². The summed E-state index contributed by atoms with van der Waals surface area (Å²) in [7, 11) is 0. The Morgan fingerprint density at radius 1 is 1.17 bits per heavy atom. The molecule has 4 rings (SSSR count). The molecule has 0 spiro atoms. The highest BCUT2D eigenvalue weighted by Crippen LogP contribution is 2.60. The van der Waals surface area contributed by atoms with Crippen LogP contribution in [0.2, 0.25) is 5.02 Å². The lowest BCUT2D eigenvalue weighted by Crippen LogP contribution is -2.35. The van der Waals surface area contributed by atoms with E-state index in [2.05, 4.69) is 17.4 Å². The summed E-state index contributed by atoms with van der Waals surface area (Å²) >= 11 is 6.06. The van der Waals surface area contributed by atoms with Crippen molar-refractivity contribution in [3.63, 3.8) is 0 Å². The van der Waals surface area contributed by atoms with Crippen LogP contribution in [0.25, 0.3) is 0 Å². The third-order valence-corrected chi connectivity index (χ3v) is 5.41. The highest BCUT2D eigenvalue weighted by atomic mass is 35.5. The van der Waals surface area contributed by atoms with Crippen molar-refractivity contribution in [2.45, 2.75) is 44.6 Å². The first-order valence-corrected chi connectivity index (χ1v) is 7.64. The molecule has 0 heterocycles. The molecule has 0 amide bonds. The van der Waals surface area contributed by atoms with Crippen molar-refractivity contribution < 1.29 is 0 Å². The van der Waals surface area contributed by atoms with Crippen LogP contribution >= 0.6 is 11.6 Å². The molecule has 2 fully saturated rings. The van der Waals surface area contributed by atoms with Gasteiger partial charge >= 0.3 is 0 Å². The summed E-state index contributed by atoms with van der Waals surface area (Å²) in [5.74, 6) is 1.06. The van der Waals surface area contributed by atoms with E-state index in [9.17, 15) is 0 Å². The van der Waals surface area contributed by atoms with E-state index in [0.29, 0.717) is 11.5 Å². The number of hydrogen-bond acceptors (Lipinski definition) is 1. The third kappa shape index (κ3) is 1.98. The summed E-state index contributed by atoms with van der Waals surface area (Å²) < 4.78 is 0. The molecule has 0 radical (unpaired) electrons. The van der Waals surface area contributed by atoms with Gasteiger partial charge < -0.3 is 5.32 Å². The van der Waals surface area contributed by atoms with Crippen LogP contribution in [0.4, 0.5) is 0 Å². The Kier molecular flexibility index (Phi) is 2.50. The van der Waals surface area contributed by atoms with Crippen LogP contribution in [-0.4, -0.2) is 12.6 Å². The van der Waals surface area contributed by atoms with Crippen LogP contribution in [0.5, 0.6) is 0 Å². The van der Waals surface area contributed by atoms with Crippen LogP contribution in [0.1, 0.15) is 36.8 Å². The molecule has 1 unspecified atom stereocenters. The maximum atomic E-state index is 6.06. The topological polar surface area (TPSA) is 12.0 Å². The molecular formula is C16H20ClN. The lowest BCUT2D eigenvalue weighted by atomic mass is 10.00. The predicted octanol–water partition coefficient (Wildman–Crippen LogP) is 3.59. The van der Waals surface area contributed by atoms with E-state index < -0.39 is 0 Å². The number of rotatable bonds is 4. The van der Waals surface area contributed by atoms with Crippen LogP contribution in [0.15, 0.2) is 18.2 Å². The van der Waals surface area contributed by atoms with Crippen LogP contribution in [0, 0.1) is 11.3 Å². The van der Waals surface area contributed by atoms with Crippen LogP contribution in [0.3, 0.4) is 0 Å². The van der Waals surface area contributed by atoms with Crippen molar-refractivity contribution in [3.05, 3.63) is 34.3 Å². The van der Waals surface area contributed by atoms with Gasteiger partial charge in [0.25, 0.3) is 0 Å². The molecule has 0 aliphatic heterocycles. The number of fused-ring (bicyclic) bond motifs is 1. The second kappa shape index (κ2) is 3.98. The minimum Gasteiger partial charge on any atom is -0.313 e.